The van der Waals surface area contributed by atoms with Crippen LogP contribution in [0.25, 0.3) is 0 Å². The van der Waals surface area contributed by atoms with E-state index in [0.29, 0.717) is 13.1 Å². The molecule has 0 aliphatic carbocycles. The third-order valence-electron chi connectivity index (χ3n) is 3.33. The SMILES string of the molecule is O=C(CNS(=O)(=O)c1cccc(Cl)c1Cl)N1CCCCC1. The summed E-state index contributed by atoms with van der Waals surface area (Å²) in [5, 5.41) is 0.110. The molecule has 1 aliphatic heterocycles. The molecule has 1 saturated heterocycles. The zero-order valence-electron chi connectivity index (χ0n) is 11.3. The van der Waals surface area contributed by atoms with Gasteiger partial charge in [-0.3, -0.25) is 4.79 Å². The van der Waals surface area contributed by atoms with Gasteiger partial charge in [-0.1, -0.05) is 29.3 Å². The highest BCUT2D eigenvalue weighted by molar-refractivity contribution is 7.89. The Morgan fingerprint density at radius 2 is 1.86 bits per heavy atom. The van der Waals surface area contributed by atoms with Crippen LogP contribution in [-0.4, -0.2) is 38.9 Å². The van der Waals surface area contributed by atoms with E-state index in [9.17, 15) is 13.2 Å². The lowest BCUT2D eigenvalue weighted by molar-refractivity contribution is -0.130. The topological polar surface area (TPSA) is 66.5 Å². The summed E-state index contributed by atoms with van der Waals surface area (Å²) in [6, 6.07) is 4.35. The molecule has 21 heavy (non-hydrogen) atoms. The van der Waals surface area contributed by atoms with Gasteiger partial charge in [0.2, 0.25) is 15.9 Å². The number of benzene rings is 1. The van der Waals surface area contributed by atoms with Crippen molar-refractivity contribution >= 4 is 39.1 Å². The Morgan fingerprint density at radius 1 is 1.19 bits per heavy atom. The smallest absolute Gasteiger partial charge is 0.242 e. The van der Waals surface area contributed by atoms with Crippen LogP contribution in [0.15, 0.2) is 23.1 Å². The number of carbonyl (C=O) groups excluding carboxylic acids is 1. The Bertz CT molecular complexity index is 628. The van der Waals surface area contributed by atoms with Gasteiger partial charge in [0, 0.05) is 13.1 Å². The molecule has 0 spiro atoms. The first-order valence-electron chi connectivity index (χ1n) is 6.63. The Kier molecular flexibility index (Phi) is 5.48. The first-order chi connectivity index (χ1) is 9.92. The monoisotopic (exact) mass is 350 g/mol. The molecule has 1 N–H and O–H groups in total. The second-order valence-electron chi connectivity index (χ2n) is 4.82. The summed E-state index contributed by atoms with van der Waals surface area (Å²) < 4.78 is 26.6. The molecule has 0 atom stereocenters. The minimum absolute atomic E-state index is 0.0444. The number of nitrogens with zero attached hydrogens (tertiary/aromatic N) is 1. The molecular weight excluding hydrogens is 335 g/mol. The van der Waals surface area contributed by atoms with E-state index in [4.69, 9.17) is 23.2 Å². The number of halogens is 2. The number of piperidine rings is 1. The summed E-state index contributed by atoms with van der Waals surface area (Å²) in [7, 11) is -3.86. The van der Waals surface area contributed by atoms with E-state index in [1.54, 1.807) is 4.90 Å². The van der Waals surface area contributed by atoms with Crippen molar-refractivity contribution in [2.24, 2.45) is 0 Å². The van der Waals surface area contributed by atoms with Crippen LogP contribution < -0.4 is 4.72 Å². The van der Waals surface area contributed by atoms with Gasteiger partial charge in [0.05, 0.1) is 16.6 Å². The van der Waals surface area contributed by atoms with Crippen LogP contribution >= 0.6 is 23.2 Å². The quantitative estimate of drug-likeness (QED) is 0.905. The van der Waals surface area contributed by atoms with Gasteiger partial charge in [-0.15, -0.1) is 0 Å². The van der Waals surface area contributed by atoms with Gasteiger partial charge in [0.25, 0.3) is 0 Å². The van der Waals surface area contributed by atoms with E-state index < -0.39 is 10.0 Å². The lowest BCUT2D eigenvalue weighted by Gasteiger charge is -2.26. The van der Waals surface area contributed by atoms with Crippen molar-refractivity contribution in [3.63, 3.8) is 0 Å². The standard InChI is InChI=1S/C13H16Cl2N2O3S/c14-10-5-4-6-11(13(10)15)21(19,20)16-9-12(18)17-7-2-1-3-8-17/h4-6,16H,1-3,7-9H2. The van der Waals surface area contributed by atoms with Crippen LogP contribution in [0.5, 0.6) is 0 Å². The largest absolute Gasteiger partial charge is 0.342 e. The summed E-state index contributed by atoms with van der Waals surface area (Å²) in [6.45, 7) is 1.09. The Balaban J connectivity index is 2.04. The lowest BCUT2D eigenvalue weighted by atomic mass is 10.1. The summed E-state index contributed by atoms with van der Waals surface area (Å²) >= 11 is 11.7. The third-order valence-corrected chi connectivity index (χ3v) is 5.70. The number of hydrogen-bond acceptors (Lipinski definition) is 3. The highest BCUT2D eigenvalue weighted by Gasteiger charge is 2.22. The molecule has 1 fully saturated rings. The molecule has 8 heteroatoms. The summed E-state index contributed by atoms with van der Waals surface area (Å²) in [4.78, 5) is 13.5. The first-order valence-corrected chi connectivity index (χ1v) is 8.87. The molecule has 1 heterocycles. The number of hydrogen-bond donors (Lipinski definition) is 1. The second kappa shape index (κ2) is 6.96. The zero-order valence-corrected chi connectivity index (χ0v) is 13.6. The van der Waals surface area contributed by atoms with Crippen molar-refractivity contribution in [1.82, 2.24) is 9.62 Å². The van der Waals surface area contributed by atoms with Crippen LogP contribution in [0.2, 0.25) is 10.0 Å². The predicted octanol–water partition coefficient (Wildman–Crippen LogP) is 2.28. The number of carbonyl (C=O) groups is 1. The zero-order chi connectivity index (χ0) is 15.5. The molecule has 0 saturated carbocycles. The fourth-order valence-corrected chi connectivity index (χ4v) is 3.92. The Hall–Kier alpha value is -0.820. The van der Waals surface area contributed by atoms with Gasteiger partial charge in [0.1, 0.15) is 4.90 Å². The van der Waals surface area contributed by atoms with Gasteiger partial charge in [-0.25, -0.2) is 13.1 Å². The Morgan fingerprint density at radius 3 is 2.52 bits per heavy atom. The molecule has 1 aromatic rings. The molecule has 0 aromatic heterocycles. The minimum Gasteiger partial charge on any atom is -0.342 e. The lowest BCUT2D eigenvalue weighted by Crippen LogP contribution is -2.42. The van der Waals surface area contributed by atoms with Gasteiger partial charge >= 0.3 is 0 Å². The van der Waals surface area contributed by atoms with Crippen LogP contribution in [-0.2, 0) is 14.8 Å². The highest BCUT2D eigenvalue weighted by atomic mass is 35.5. The molecule has 1 aliphatic rings. The van der Waals surface area contributed by atoms with Crippen LogP contribution in [0.3, 0.4) is 0 Å². The van der Waals surface area contributed by atoms with Crippen molar-refractivity contribution in [2.75, 3.05) is 19.6 Å². The normalized spacial score (nSPS) is 16.0. The molecule has 0 bridgehead atoms. The van der Waals surface area contributed by atoms with Gasteiger partial charge < -0.3 is 4.90 Å². The van der Waals surface area contributed by atoms with E-state index in [0.717, 1.165) is 19.3 Å². The predicted molar refractivity (Wildman–Crippen MR) is 82.1 cm³/mol. The van der Waals surface area contributed by atoms with Gasteiger partial charge in [0.15, 0.2) is 0 Å². The van der Waals surface area contributed by atoms with Crippen LogP contribution in [0.4, 0.5) is 0 Å². The maximum absolute atomic E-state index is 12.2. The van der Waals surface area contributed by atoms with Crippen LogP contribution in [0, 0.1) is 0 Å². The highest BCUT2D eigenvalue weighted by Crippen LogP contribution is 2.28. The summed E-state index contributed by atoms with van der Waals surface area (Å²) in [5.74, 6) is -0.226. The maximum atomic E-state index is 12.2. The molecule has 1 amide bonds. The molecular formula is C13H16Cl2N2O3S. The third kappa shape index (κ3) is 4.10. The average molecular weight is 351 g/mol. The minimum atomic E-state index is -3.86. The van der Waals surface area contributed by atoms with Crippen molar-refractivity contribution < 1.29 is 13.2 Å². The number of likely N-dealkylation sites (tertiary alicyclic amines) is 1. The summed E-state index contributed by atoms with van der Waals surface area (Å²) in [6.07, 6.45) is 3.02. The molecule has 5 nitrogen and oxygen atoms in total. The van der Waals surface area contributed by atoms with Crippen molar-refractivity contribution in [3.05, 3.63) is 28.2 Å². The molecule has 0 unspecified atom stereocenters. The summed E-state index contributed by atoms with van der Waals surface area (Å²) in [5.41, 5.74) is 0. The van der Waals surface area contributed by atoms with Crippen molar-refractivity contribution in [3.8, 4) is 0 Å². The fraction of sp³-hybridized carbons (Fsp3) is 0.462. The van der Waals surface area contributed by atoms with Crippen LogP contribution in [0.1, 0.15) is 19.3 Å². The second-order valence-corrected chi connectivity index (χ2v) is 7.34. The average Bonchev–Trinajstić information content (AvgIpc) is 2.48. The van der Waals surface area contributed by atoms with Crippen molar-refractivity contribution in [1.29, 1.82) is 0 Å². The van der Waals surface area contributed by atoms with E-state index in [1.165, 1.54) is 18.2 Å². The van der Waals surface area contributed by atoms with E-state index >= 15 is 0 Å². The number of nitrogens with one attached hydrogen (secondary N) is 1. The number of rotatable bonds is 4. The van der Waals surface area contributed by atoms with Crippen molar-refractivity contribution in [2.45, 2.75) is 24.2 Å². The number of amides is 1. The van der Waals surface area contributed by atoms with E-state index in [2.05, 4.69) is 4.72 Å². The first kappa shape index (κ1) is 16.5. The molecule has 2 rings (SSSR count). The molecule has 116 valence electrons. The maximum Gasteiger partial charge on any atom is 0.242 e. The molecule has 0 radical (unpaired) electrons. The van der Waals surface area contributed by atoms with E-state index in [1.807, 2.05) is 0 Å². The fourth-order valence-electron chi connectivity index (χ4n) is 2.18. The van der Waals surface area contributed by atoms with Gasteiger partial charge in [-0.2, -0.15) is 0 Å². The van der Waals surface area contributed by atoms with E-state index in [-0.39, 0.29) is 27.4 Å². The Labute approximate surface area is 134 Å². The van der Waals surface area contributed by atoms with Gasteiger partial charge in [-0.05, 0) is 31.4 Å². The molecule has 1 aromatic carbocycles. The number of sulfonamides is 1.